The van der Waals surface area contributed by atoms with Crippen LogP contribution >= 0.6 is 0 Å². The summed E-state index contributed by atoms with van der Waals surface area (Å²) in [7, 11) is 0. The largest absolute Gasteiger partial charge is 0.455 e. The van der Waals surface area contributed by atoms with Gasteiger partial charge in [-0.3, -0.25) is 13.7 Å². The molecule has 0 saturated heterocycles. The zero-order chi connectivity index (χ0) is 95.5. The fourth-order valence-corrected chi connectivity index (χ4v) is 21.6. The quantitative estimate of drug-likeness (QED) is 0.109. The zero-order valence-corrected chi connectivity index (χ0v) is 77.9. The summed E-state index contributed by atoms with van der Waals surface area (Å²) in [5.74, 6) is 5.39. The molecule has 10 heterocycles. The van der Waals surface area contributed by atoms with Gasteiger partial charge in [0.05, 0.1) is 71.8 Å². The number of nitrogens with zero attached hydrogens (tertiary/aromatic N) is 15. The van der Waals surface area contributed by atoms with Crippen molar-refractivity contribution < 1.29 is 4.42 Å². The smallest absolute Gasteiger partial charge is 0.238 e. The van der Waals surface area contributed by atoms with E-state index in [0.717, 1.165) is 160 Å². The van der Waals surface area contributed by atoms with E-state index in [-0.39, 0.29) is 0 Å². The Morgan fingerprint density at radius 2 is 0.407 bits per heavy atom. The van der Waals surface area contributed by atoms with Crippen molar-refractivity contribution in [2.24, 2.45) is 0 Å². The molecule has 30 rings (SSSR count). The third-order valence-corrected chi connectivity index (χ3v) is 27.9. The van der Waals surface area contributed by atoms with E-state index in [4.69, 9.17) is 49.3 Å². The maximum Gasteiger partial charge on any atom is 0.238 e. The first kappa shape index (κ1) is 83.2. The van der Waals surface area contributed by atoms with Gasteiger partial charge in [0.15, 0.2) is 34.9 Å². The second kappa shape index (κ2) is 34.6. The highest BCUT2D eigenvalue weighted by Gasteiger charge is 2.30. The number of rotatable bonds is 13. The van der Waals surface area contributed by atoms with E-state index < -0.39 is 0 Å². The van der Waals surface area contributed by atoms with Gasteiger partial charge >= 0.3 is 0 Å². The molecule has 0 aliphatic heterocycles. The summed E-state index contributed by atoms with van der Waals surface area (Å²) in [6.07, 6.45) is 0. The van der Waals surface area contributed by atoms with Crippen molar-refractivity contribution in [1.82, 2.24) is 72.3 Å². The molecule has 145 heavy (non-hydrogen) atoms. The summed E-state index contributed by atoms with van der Waals surface area (Å²) >= 11 is 0. The van der Waals surface area contributed by atoms with Gasteiger partial charge in [-0.05, 0) is 108 Å². The van der Waals surface area contributed by atoms with Crippen LogP contribution in [0.4, 0.5) is 0 Å². The highest BCUT2D eigenvalue weighted by atomic mass is 16.3. The number of hydrogen-bond acceptors (Lipinski definition) is 10. The molecular formula is C129H81N15O. The van der Waals surface area contributed by atoms with E-state index in [1.807, 2.05) is 182 Å². The van der Waals surface area contributed by atoms with Crippen LogP contribution in [-0.2, 0) is 0 Å². The molecule has 10 aromatic heterocycles. The Balaban J connectivity index is 0.000000106. The van der Waals surface area contributed by atoms with Crippen LogP contribution < -0.4 is 0 Å². The molecule has 30 aromatic rings. The Bertz CT molecular complexity index is 10200. The van der Waals surface area contributed by atoms with Gasteiger partial charge in [-0.1, -0.05) is 394 Å². The first-order valence-electron chi connectivity index (χ1n) is 48.6. The molecule has 0 radical (unpaired) electrons. The van der Waals surface area contributed by atoms with Crippen molar-refractivity contribution in [1.29, 1.82) is 0 Å². The summed E-state index contributed by atoms with van der Waals surface area (Å²) < 4.78 is 20.3. The van der Waals surface area contributed by atoms with Gasteiger partial charge in [-0.25, -0.2) is 15.0 Å². The summed E-state index contributed by atoms with van der Waals surface area (Å²) in [5, 5.41) is 16.2. The lowest BCUT2D eigenvalue weighted by atomic mass is 10.1. The van der Waals surface area contributed by atoms with Crippen LogP contribution in [0.15, 0.2) is 496 Å². The summed E-state index contributed by atoms with van der Waals surface area (Å²) in [6.45, 7) is 0. The molecule has 0 N–H and O–H groups in total. The second-order valence-electron chi connectivity index (χ2n) is 36.2. The fraction of sp³-hybridized carbons (Fsp3) is 0. The van der Waals surface area contributed by atoms with E-state index >= 15 is 0 Å². The molecule has 0 atom stereocenters. The third kappa shape index (κ3) is 13.9. The van der Waals surface area contributed by atoms with Crippen LogP contribution in [0.5, 0.6) is 0 Å². The van der Waals surface area contributed by atoms with Gasteiger partial charge in [-0.15, -0.1) is 0 Å². The topological polar surface area (TPSA) is 159 Å². The van der Waals surface area contributed by atoms with Crippen LogP contribution in [0.3, 0.4) is 0 Å². The maximum atomic E-state index is 6.50. The molecule has 16 heteroatoms. The number of aromatic nitrogens is 15. The Morgan fingerprint density at radius 3 is 0.800 bits per heavy atom. The number of fused-ring (bicyclic) bond motifs is 24. The van der Waals surface area contributed by atoms with Crippen LogP contribution in [0.2, 0.25) is 0 Å². The molecule has 0 aliphatic carbocycles. The van der Waals surface area contributed by atoms with Crippen molar-refractivity contribution >= 4 is 153 Å². The minimum atomic E-state index is 0.538. The average molecular weight is 1860 g/mol. The molecule has 20 aromatic carbocycles. The van der Waals surface area contributed by atoms with Crippen molar-refractivity contribution in [3.8, 4) is 114 Å². The van der Waals surface area contributed by atoms with Crippen molar-refractivity contribution in [3.05, 3.63) is 491 Å². The lowest BCUT2D eigenvalue weighted by Crippen LogP contribution is -2.07. The molecule has 678 valence electrons. The van der Waals surface area contributed by atoms with E-state index in [1.54, 1.807) is 0 Å². The van der Waals surface area contributed by atoms with Crippen molar-refractivity contribution in [2.75, 3.05) is 0 Å². The normalized spacial score (nSPS) is 11.7. The first-order chi connectivity index (χ1) is 72.0. The summed E-state index contributed by atoms with van der Waals surface area (Å²) in [5.41, 5.74) is 25.9. The standard InChI is InChI=1S/C45H27N5O.C45H29N5.C39H25N5/c1-3-14-28(15-4-1)43-46-44(36-22-13-21-35-32-20-9-12-25-39(32)51-42(35)36)48-45(47-43)50-38-24-11-8-19-31(38)34-27-26-33-30-18-7-10-23-37(30)49(40(33)41(34)50)29-16-5-2-6-17-29;1-4-14-30(15-5-1)31-24-26-34(27-25-31)49-38-22-12-10-20-35(38)36-28-29-40-41(42(36)49)37-21-11-13-23-39(37)50(40)45-47-43(32-16-6-2-7-17-32)46-44(48-45)33-18-8-3-9-19-33;1-4-14-26(15-5-1)37-40-38(27-16-6-2-7-17-27)42-39(41-37)44-33-23-13-11-21-31(33)35-34(44)25-24-30-29-20-10-12-22-32(29)43(36(30)35)28-18-8-3-9-19-28/h1-27H;1-29H;1-25H. The third-order valence-electron chi connectivity index (χ3n) is 27.9. The number of para-hydroxylation sites is 10. The van der Waals surface area contributed by atoms with Crippen LogP contribution in [0, 0.1) is 0 Å². The molecule has 0 unspecified atom stereocenters. The van der Waals surface area contributed by atoms with E-state index in [9.17, 15) is 0 Å². The van der Waals surface area contributed by atoms with Crippen molar-refractivity contribution in [2.45, 2.75) is 0 Å². The van der Waals surface area contributed by atoms with Gasteiger partial charge in [0.2, 0.25) is 17.8 Å². The van der Waals surface area contributed by atoms with Gasteiger partial charge in [0, 0.05) is 120 Å². The summed E-state index contributed by atoms with van der Waals surface area (Å²) in [6, 6.07) is 171. The van der Waals surface area contributed by atoms with E-state index in [2.05, 4.69) is 337 Å². The van der Waals surface area contributed by atoms with E-state index in [0.29, 0.717) is 52.8 Å². The lowest BCUT2D eigenvalue weighted by Gasteiger charge is -2.13. The predicted octanol–water partition coefficient (Wildman–Crippen LogP) is 31.8. The lowest BCUT2D eigenvalue weighted by molar-refractivity contribution is 0.669. The highest BCUT2D eigenvalue weighted by molar-refractivity contribution is 6.29. The fourth-order valence-electron chi connectivity index (χ4n) is 21.6. The monoisotopic (exact) mass is 1860 g/mol. The molecule has 0 aliphatic rings. The number of hydrogen-bond donors (Lipinski definition) is 0. The van der Waals surface area contributed by atoms with Crippen LogP contribution in [0.25, 0.3) is 267 Å². The Labute approximate surface area is 829 Å². The molecule has 0 fully saturated rings. The minimum Gasteiger partial charge on any atom is -0.455 e. The predicted molar refractivity (Wildman–Crippen MR) is 591 cm³/mol. The second-order valence-corrected chi connectivity index (χ2v) is 36.2. The number of benzene rings is 20. The molecule has 0 spiro atoms. The van der Waals surface area contributed by atoms with Crippen LogP contribution in [0.1, 0.15) is 0 Å². The Hall–Kier alpha value is -20.0. The maximum absolute atomic E-state index is 6.50. The zero-order valence-electron chi connectivity index (χ0n) is 77.9. The first-order valence-corrected chi connectivity index (χ1v) is 48.6. The van der Waals surface area contributed by atoms with Gasteiger partial charge < -0.3 is 18.1 Å². The SMILES string of the molecule is c1ccc(-c2ccc(-n3c4ccccc4c4ccc5c(c6ccccc6n5-c5nc(-c6ccccc6)nc(-c6ccccc6)n5)c43)cc2)cc1.c1ccc(-c2nc(-c3cccc4c3oc3ccccc34)nc(-n3c4ccccc4c4ccc5c6ccccc6n(-c6ccccc6)c5c43)n2)cc1.c1ccc(-c2nc(-c3ccccc3)nc(-n3c4ccccc4c4c3ccc3c5ccccc5n(-c5ccccc5)c34)n2)cc1. The molecule has 0 saturated carbocycles. The Kier molecular flexibility index (Phi) is 19.8. The van der Waals surface area contributed by atoms with Crippen molar-refractivity contribution in [3.63, 3.8) is 0 Å². The van der Waals surface area contributed by atoms with E-state index in [1.165, 1.54) is 54.5 Å². The highest BCUT2D eigenvalue weighted by Crippen LogP contribution is 2.48. The molecule has 16 nitrogen and oxygen atoms in total. The van der Waals surface area contributed by atoms with Gasteiger partial charge in [-0.2, -0.15) is 29.9 Å². The molecule has 0 bridgehead atoms. The minimum absolute atomic E-state index is 0.538. The Morgan fingerprint density at radius 1 is 0.145 bits per heavy atom. The van der Waals surface area contributed by atoms with Crippen LogP contribution in [-0.4, -0.2) is 72.3 Å². The summed E-state index contributed by atoms with van der Waals surface area (Å²) in [4.78, 5) is 46.1. The van der Waals surface area contributed by atoms with Gasteiger partial charge in [0.25, 0.3) is 0 Å². The molecule has 0 amide bonds. The molecular weight excluding hydrogens is 1780 g/mol. The van der Waals surface area contributed by atoms with Gasteiger partial charge in [0.1, 0.15) is 11.2 Å². The number of furan rings is 1. The average Bonchev–Trinajstić information content (AvgIpc) is 1.55.